The van der Waals surface area contributed by atoms with Crippen molar-refractivity contribution in [3.8, 4) is 0 Å². The third kappa shape index (κ3) is 9.28. The second-order valence-electron chi connectivity index (χ2n) is 9.36. The van der Waals surface area contributed by atoms with Crippen molar-refractivity contribution in [3.63, 3.8) is 0 Å². The number of ether oxygens (including phenoxy) is 2. The van der Waals surface area contributed by atoms with E-state index >= 15 is 0 Å². The number of nitrogens with two attached hydrogens (primary N) is 2. The predicted octanol–water partition coefficient (Wildman–Crippen LogP) is 1.33. The van der Waals surface area contributed by atoms with Gasteiger partial charge in [-0.1, -0.05) is 43.8 Å². The van der Waals surface area contributed by atoms with Gasteiger partial charge in [-0.25, -0.2) is 18.4 Å². The molecule has 0 spiro atoms. The Balaban J connectivity index is 0.00000533. The van der Waals surface area contributed by atoms with E-state index in [1.54, 1.807) is 36.4 Å². The summed E-state index contributed by atoms with van der Waals surface area (Å²) in [7, 11) is -2.32. The van der Waals surface area contributed by atoms with Crippen molar-refractivity contribution < 1.29 is 27.5 Å². The number of sulfonamides is 1. The van der Waals surface area contributed by atoms with Gasteiger partial charge in [-0.15, -0.1) is 10.2 Å². The van der Waals surface area contributed by atoms with E-state index in [1.165, 1.54) is 7.05 Å². The Bertz CT molecular complexity index is 1360. The maximum atomic E-state index is 12.8. The molecular weight excluding hydrogens is 526 g/mol. The van der Waals surface area contributed by atoms with Crippen molar-refractivity contribution in [2.24, 2.45) is 10.9 Å². The largest absolute Gasteiger partial charge is 0.443 e. The molecule has 0 aliphatic rings. The molecule has 2 heterocycles. The van der Waals surface area contributed by atoms with E-state index in [1.807, 2.05) is 30.3 Å². The lowest BCUT2D eigenvalue weighted by molar-refractivity contribution is -0.126. The van der Waals surface area contributed by atoms with E-state index in [-0.39, 0.29) is 27.2 Å². The van der Waals surface area contributed by atoms with Crippen molar-refractivity contribution in [3.05, 3.63) is 65.6 Å². The second-order valence-corrected chi connectivity index (χ2v) is 11.1. The molecule has 214 valence electrons. The van der Waals surface area contributed by atoms with Crippen molar-refractivity contribution in [1.29, 1.82) is 0 Å². The van der Waals surface area contributed by atoms with Gasteiger partial charge in [0.1, 0.15) is 12.6 Å². The topological polar surface area (TPSA) is 184 Å². The highest BCUT2D eigenvalue weighted by Gasteiger charge is 2.28. The first-order valence-electron chi connectivity index (χ1n) is 11.8. The number of hydrogen-bond donors (Lipinski definition) is 3. The van der Waals surface area contributed by atoms with Crippen LogP contribution in [0.2, 0.25) is 0 Å². The standard InChI is InChI=1S/C24H33N7O6S.CH4/c1-24(2,25)22(32)27-19(16-36-14-17-8-5-4-6-9-17)21-29-28-20-11-7-10-18(31(20)21)15-37-23(33)30(3)12-13-38(26,34)35;/h4-11,19H,12-16,25H2,1-3H3,(H,27,32)(H2,26,34,35);1H4/t19-;/m1./s1. The number of rotatable bonds is 12. The van der Waals surface area contributed by atoms with Crippen LogP contribution < -0.4 is 16.2 Å². The van der Waals surface area contributed by atoms with Gasteiger partial charge < -0.3 is 25.4 Å². The van der Waals surface area contributed by atoms with E-state index in [9.17, 15) is 18.0 Å². The van der Waals surface area contributed by atoms with E-state index < -0.39 is 39.4 Å². The summed E-state index contributed by atoms with van der Waals surface area (Å²) in [5.41, 5.74) is 6.79. The summed E-state index contributed by atoms with van der Waals surface area (Å²) in [6, 6.07) is 14.0. The van der Waals surface area contributed by atoms with Crippen molar-refractivity contribution >= 4 is 27.7 Å². The number of nitrogens with one attached hydrogen (secondary N) is 1. The summed E-state index contributed by atoms with van der Waals surface area (Å²) in [5.74, 6) is -0.450. The molecule has 0 saturated carbocycles. The van der Waals surface area contributed by atoms with Gasteiger partial charge >= 0.3 is 6.09 Å². The molecule has 2 aromatic heterocycles. The molecule has 13 nitrogen and oxygen atoms in total. The highest BCUT2D eigenvalue weighted by molar-refractivity contribution is 7.89. The molecule has 0 unspecified atom stereocenters. The third-order valence-corrected chi connectivity index (χ3v) is 6.25. The van der Waals surface area contributed by atoms with Crippen LogP contribution in [0.5, 0.6) is 0 Å². The summed E-state index contributed by atoms with van der Waals surface area (Å²) in [5, 5.41) is 16.4. The van der Waals surface area contributed by atoms with E-state index in [0.29, 0.717) is 23.8 Å². The number of carbonyl (C=O) groups excluding carboxylic acids is 2. The second kappa shape index (κ2) is 13.5. The van der Waals surface area contributed by atoms with Crippen LogP contribution in [0.15, 0.2) is 48.5 Å². The van der Waals surface area contributed by atoms with Gasteiger partial charge in [0, 0.05) is 13.6 Å². The summed E-state index contributed by atoms with van der Waals surface area (Å²) >= 11 is 0. The molecule has 1 atom stereocenters. The molecule has 39 heavy (non-hydrogen) atoms. The third-order valence-electron chi connectivity index (χ3n) is 5.50. The van der Waals surface area contributed by atoms with Crippen LogP contribution in [0.25, 0.3) is 5.65 Å². The molecule has 0 fully saturated rings. The molecule has 0 radical (unpaired) electrons. The van der Waals surface area contributed by atoms with Gasteiger partial charge in [0.05, 0.1) is 30.2 Å². The first kappa shape index (κ1) is 31.6. The monoisotopic (exact) mass is 563 g/mol. The Morgan fingerprint density at radius 3 is 2.44 bits per heavy atom. The van der Waals surface area contributed by atoms with Crippen LogP contribution in [0.4, 0.5) is 4.79 Å². The Kier molecular flexibility index (Phi) is 10.9. The molecule has 3 aromatic rings. The number of nitrogens with zero attached hydrogens (tertiary/aromatic N) is 4. The lowest BCUT2D eigenvalue weighted by atomic mass is 10.1. The van der Waals surface area contributed by atoms with Gasteiger partial charge in [0.15, 0.2) is 11.5 Å². The smallest absolute Gasteiger partial charge is 0.409 e. The van der Waals surface area contributed by atoms with Crippen molar-refractivity contribution in [1.82, 2.24) is 24.8 Å². The van der Waals surface area contributed by atoms with Gasteiger partial charge in [0.25, 0.3) is 0 Å². The number of benzene rings is 1. The number of primary sulfonamides is 1. The quantitative estimate of drug-likeness (QED) is 0.292. The van der Waals surface area contributed by atoms with Gasteiger partial charge in [-0.05, 0) is 31.5 Å². The molecule has 5 N–H and O–H groups in total. The summed E-state index contributed by atoms with van der Waals surface area (Å²) < 4.78 is 35.3. The number of carbonyl (C=O) groups is 2. The average molecular weight is 564 g/mol. The number of hydrogen-bond acceptors (Lipinski definition) is 9. The molecule has 14 heteroatoms. The normalized spacial score (nSPS) is 12.4. The van der Waals surface area contributed by atoms with Gasteiger partial charge in [-0.2, -0.15) is 0 Å². The van der Waals surface area contributed by atoms with Crippen molar-refractivity contribution in [2.75, 3.05) is 26.0 Å². The Morgan fingerprint density at radius 2 is 1.79 bits per heavy atom. The summed E-state index contributed by atoms with van der Waals surface area (Å²) in [6.45, 7) is 3.26. The Morgan fingerprint density at radius 1 is 1.10 bits per heavy atom. The van der Waals surface area contributed by atoms with E-state index in [2.05, 4.69) is 15.5 Å². The maximum absolute atomic E-state index is 12.8. The number of amides is 2. The van der Waals surface area contributed by atoms with Crippen LogP contribution >= 0.6 is 0 Å². The molecule has 0 aliphatic heterocycles. The van der Waals surface area contributed by atoms with Crippen LogP contribution in [0, 0.1) is 0 Å². The van der Waals surface area contributed by atoms with E-state index in [4.69, 9.17) is 20.3 Å². The predicted molar refractivity (Wildman–Crippen MR) is 146 cm³/mol. The first-order chi connectivity index (χ1) is 17.8. The first-order valence-corrected chi connectivity index (χ1v) is 13.5. The lowest BCUT2D eigenvalue weighted by Gasteiger charge is -2.24. The minimum Gasteiger partial charge on any atom is -0.443 e. The molecule has 0 saturated heterocycles. The molecule has 1 aromatic carbocycles. The van der Waals surface area contributed by atoms with Crippen LogP contribution in [0.3, 0.4) is 0 Å². The van der Waals surface area contributed by atoms with Gasteiger partial charge in [-0.3, -0.25) is 9.20 Å². The molecule has 0 aliphatic carbocycles. The molecule has 2 amide bonds. The Labute approximate surface area is 228 Å². The zero-order valence-electron chi connectivity index (χ0n) is 21.5. The number of pyridine rings is 1. The van der Waals surface area contributed by atoms with Crippen molar-refractivity contribution in [2.45, 2.75) is 46.1 Å². The highest BCUT2D eigenvalue weighted by atomic mass is 32.2. The molecule has 0 bridgehead atoms. The fourth-order valence-electron chi connectivity index (χ4n) is 3.36. The number of fused-ring (bicyclic) bond motifs is 1. The van der Waals surface area contributed by atoms with Crippen LogP contribution in [0.1, 0.15) is 44.4 Å². The summed E-state index contributed by atoms with van der Waals surface area (Å²) in [6.07, 6.45) is -0.735. The SMILES string of the molecule is C.CN(CCS(N)(=O)=O)C(=O)OCc1cccc2nnc([C@@H](COCc3ccccc3)NC(=O)C(C)(C)N)n12. The zero-order valence-corrected chi connectivity index (χ0v) is 22.3. The lowest BCUT2D eigenvalue weighted by Crippen LogP contribution is -2.51. The maximum Gasteiger partial charge on any atom is 0.409 e. The fraction of sp³-hybridized carbons (Fsp3) is 0.440. The molecule has 3 rings (SSSR count). The minimum atomic E-state index is -3.73. The highest BCUT2D eigenvalue weighted by Crippen LogP contribution is 2.19. The molecular formula is C25H37N7O6S. The van der Waals surface area contributed by atoms with Crippen LogP contribution in [-0.4, -0.2) is 71.4 Å². The summed E-state index contributed by atoms with van der Waals surface area (Å²) in [4.78, 5) is 26.3. The Hall–Kier alpha value is -3.59. The zero-order chi connectivity index (χ0) is 27.9. The van der Waals surface area contributed by atoms with Gasteiger partial charge in [0.2, 0.25) is 15.9 Å². The number of aromatic nitrogens is 3. The van der Waals surface area contributed by atoms with E-state index in [0.717, 1.165) is 10.5 Å². The van der Waals surface area contributed by atoms with Crippen LogP contribution in [-0.2, 0) is 37.5 Å². The fourth-order valence-corrected chi connectivity index (χ4v) is 3.89. The minimum absolute atomic E-state index is 0. The average Bonchev–Trinajstić information content (AvgIpc) is 3.29.